The van der Waals surface area contributed by atoms with Crippen molar-refractivity contribution in [1.82, 2.24) is 24.8 Å². The molecule has 1 aliphatic heterocycles. The quantitative estimate of drug-likeness (QED) is 0.273. The predicted octanol–water partition coefficient (Wildman–Crippen LogP) is 2.22. The molecule has 2 heterocycles. The monoisotopic (exact) mass is 576 g/mol. The van der Waals surface area contributed by atoms with E-state index in [1.54, 1.807) is 6.92 Å². The first-order chi connectivity index (χ1) is 19.2. The van der Waals surface area contributed by atoms with E-state index in [2.05, 4.69) is 25.2 Å². The summed E-state index contributed by atoms with van der Waals surface area (Å²) in [6.45, 7) is 5.67. The Balaban J connectivity index is 1.28. The average Bonchev–Trinajstić information content (AvgIpc) is 3.67. The van der Waals surface area contributed by atoms with E-state index in [0.29, 0.717) is 31.6 Å². The third kappa shape index (κ3) is 7.88. The van der Waals surface area contributed by atoms with Crippen molar-refractivity contribution in [2.45, 2.75) is 38.8 Å². The summed E-state index contributed by atoms with van der Waals surface area (Å²) < 4.78 is 28.9. The lowest BCUT2D eigenvalue weighted by Gasteiger charge is -2.34. The Morgan fingerprint density at radius 1 is 1.15 bits per heavy atom. The lowest BCUT2D eigenvalue weighted by atomic mass is 10.1. The van der Waals surface area contributed by atoms with Crippen molar-refractivity contribution in [3.05, 3.63) is 40.7 Å². The number of benzene rings is 1. The second kappa shape index (κ2) is 13.5. The van der Waals surface area contributed by atoms with Crippen LogP contribution in [0.4, 0.5) is 14.2 Å². The van der Waals surface area contributed by atoms with Crippen LogP contribution < -0.4 is 20.7 Å². The highest BCUT2D eigenvalue weighted by Crippen LogP contribution is 2.32. The van der Waals surface area contributed by atoms with E-state index in [-0.39, 0.29) is 40.6 Å². The molecule has 0 spiro atoms. The van der Waals surface area contributed by atoms with Crippen LogP contribution in [0, 0.1) is 5.82 Å². The SMILES string of the molecule is COC(=O)c1c(OCc2ccc(F)c(C(=O)NC3CC3)c2)nsc1NC(=O)NCCCN1CCN(C(C)=O)CC1. The van der Waals surface area contributed by atoms with Crippen molar-refractivity contribution in [2.24, 2.45) is 0 Å². The molecule has 0 atom stereocenters. The molecule has 0 bridgehead atoms. The number of carbonyl (C=O) groups is 4. The van der Waals surface area contributed by atoms with Gasteiger partial charge in [0, 0.05) is 45.7 Å². The van der Waals surface area contributed by atoms with Crippen LogP contribution in [0.2, 0.25) is 0 Å². The third-order valence-corrected chi connectivity index (χ3v) is 7.34. The maximum absolute atomic E-state index is 14.2. The maximum atomic E-state index is 14.2. The van der Waals surface area contributed by atoms with Crippen molar-refractivity contribution >= 4 is 40.3 Å². The summed E-state index contributed by atoms with van der Waals surface area (Å²) >= 11 is 0.860. The number of halogens is 1. The summed E-state index contributed by atoms with van der Waals surface area (Å²) in [6.07, 6.45) is 2.48. The molecule has 1 saturated heterocycles. The van der Waals surface area contributed by atoms with Gasteiger partial charge in [-0.3, -0.25) is 19.8 Å². The standard InChI is InChI=1S/C26H33FN6O6S/c1-16(34)33-12-10-32(11-13-33)9-3-8-28-26(37)30-24-21(25(36)38-2)23(31-40-24)39-15-17-4-7-20(27)19(14-17)22(35)29-18-5-6-18/h4,7,14,18H,3,5-6,8-13,15H2,1-2H3,(H,29,35)(H2,28,30,37). The first-order valence-electron chi connectivity index (χ1n) is 13.1. The largest absolute Gasteiger partial charge is 0.472 e. The van der Waals surface area contributed by atoms with Gasteiger partial charge >= 0.3 is 12.0 Å². The molecule has 2 aromatic rings. The number of anilines is 1. The molecule has 14 heteroatoms. The van der Waals surface area contributed by atoms with E-state index in [9.17, 15) is 23.6 Å². The second-order valence-corrected chi connectivity index (χ2v) is 10.4. The van der Waals surface area contributed by atoms with Gasteiger partial charge in [0.1, 0.15) is 17.4 Å². The van der Waals surface area contributed by atoms with Gasteiger partial charge in [-0.1, -0.05) is 6.07 Å². The van der Waals surface area contributed by atoms with Gasteiger partial charge in [0.2, 0.25) is 11.8 Å². The highest BCUT2D eigenvalue weighted by molar-refractivity contribution is 7.11. The summed E-state index contributed by atoms with van der Waals surface area (Å²) in [4.78, 5) is 52.8. The van der Waals surface area contributed by atoms with Crippen LogP contribution in [0.3, 0.4) is 0 Å². The maximum Gasteiger partial charge on any atom is 0.346 e. The van der Waals surface area contributed by atoms with Crippen LogP contribution in [0.15, 0.2) is 18.2 Å². The summed E-state index contributed by atoms with van der Waals surface area (Å²) in [7, 11) is 1.20. The molecule has 0 unspecified atom stereocenters. The molecule has 1 aromatic carbocycles. The van der Waals surface area contributed by atoms with Gasteiger partial charge in [0.15, 0.2) is 5.56 Å². The van der Waals surface area contributed by atoms with Gasteiger partial charge < -0.3 is 25.0 Å². The van der Waals surface area contributed by atoms with Crippen LogP contribution >= 0.6 is 11.5 Å². The second-order valence-electron chi connectivity index (χ2n) is 9.62. The Kier molecular flexibility index (Phi) is 9.88. The number of nitrogens with zero attached hydrogens (tertiary/aromatic N) is 3. The summed E-state index contributed by atoms with van der Waals surface area (Å²) in [5.74, 6) is -1.84. The number of carbonyl (C=O) groups excluding carboxylic acids is 4. The van der Waals surface area contributed by atoms with Gasteiger partial charge in [0.25, 0.3) is 5.91 Å². The van der Waals surface area contributed by atoms with Crippen molar-refractivity contribution in [1.29, 1.82) is 0 Å². The minimum atomic E-state index is -0.743. The van der Waals surface area contributed by atoms with Crippen molar-refractivity contribution in [2.75, 3.05) is 51.7 Å². The Morgan fingerprint density at radius 2 is 1.90 bits per heavy atom. The summed E-state index contributed by atoms with van der Waals surface area (Å²) in [5, 5.41) is 8.29. The fourth-order valence-electron chi connectivity index (χ4n) is 4.16. The van der Waals surface area contributed by atoms with Crippen molar-refractivity contribution in [3.8, 4) is 5.88 Å². The number of urea groups is 1. The first-order valence-corrected chi connectivity index (χ1v) is 13.8. The molecule has 2 fully saturated rings. The Morgan fingerprint density at radius 3 is 2.58 bits per heavy atom. The number of piperazine rings is 1. The number of esters is 1. The molecule has 1 saturated carbocycles. The molecule has 3 N–H and O–H groups in total. The molecule has 216 valence electrons. The lowest BCUT2D eigenvalue weighted by Crippen LogP contribution is -2.48. The van der Waals surface area contributed by atoms with Crippen LogP contribution in [0.1, 0.15) is 52.5 Å². The molecule has 1 aromatic heterocycles. The number of hydrogen-bond donors (Lipinski definition) is 3. The number of amides is 4. The molecule has 4 rings (SSSR count). The van der Waals surface area contributed by atoms with Gasteiger partial charge in [-0.25, -0.2) is 14.0 Å². The van der Waals surface area contributed by atoms with Crippen LogP contribution in [-0.2, 0) is 16.1 Å². The highest BCUT2D eigenvalue weighted by atomic mass is 32.1. The van der Waals surface area contributed by atoms with Crippen molar-refractivity contribution in [3.63, 3.8) is 0 Å². The fourth-order valence-corrected chi connectivity index (χ4v) is 4.88. The molecule has 40 heavy (non-hydrogen) atoms. The third-order valence-electron chi connectivity index (χ3n) is 6.60. The summed E-state index contributed by atoms with van der Waals surface area (Å²) in [6, 6.07) is 3.64. The molecule has 1 aliphatic carbocycles. The highest BCUT2D eigenvalue weighted by Gasteiger charge is 2.27. The first kappa shape index (κ1) is 29.2. The Hall–Kier alpha value is -3.78. The van der Waals surface area contributed by atoms with Gasteiger partial charge in [-0.05, 0) is 55.0 Å². The van der Waals surface area contributed by atoms with Crippen LogP contribution in [0.5, 0.6) is 5.88 Å². The number of rotatable bonds is 11. The number of hydrogen-bond acceptors (Lipinski definition) is 9. The van der Waals surface area contributed by atoms with E-state index in [1.165, 1.54) is 25.3 Å². The number of aromatic nitrogens is 1. The van der Waals surface area contributed by atoms with Crippen molar-refractivity contribution < 1.29 is 33.0 Å². The molecule has 0 radical (unpaired) electrons. The zero-order valence-corrected chi connectivity index (χ0v) is 23.3. The fraction of sp³-hybridized carbons (Fsp3) is 0.500. The molecular formula is C26H33FN6O6S. The normalized spacial score (nSPS) is 15.3. The molecule has 2 aliphatic rings. The Labute approximate surface area is 235 Å². The van der Waals surface area contributed by atoms with Crippen LogP contribution in [-0.4, -0.2) is 90.4 Å². The molecular weight excluding hydrogens is 543 g/mol. The van der Waals surface area contributed by atoms with Gasteiger partial charge in [-0.2, -0.15) is 4.37 Å². The predicted molar refractivity (Wildman–Crippen MR) is 145 cm³/mol. The number of methoxy groups -OCH3 is 1. The molecule has 4 amide bonds. The van der Waals surface area contributed by atoms with E-state index in [0.717, 1.165) is 44.0 Å². The van der Waals surface area contributed by atoms with Gasteiger partial charge in [-0.15, -0.1) is 0 Å². The lowest BCUT2D eigenvalue weighted by molar-refractivity contribution is -0.130. The van der Waals surface area contributed by atoms with E-state index >= 15 is 0 Å². The Bertz CT molecular complexity index is 1240. The smallest absolute Gasteiger partial charge is 0.346 e. The zero-order chi connectivity index (χ0) is 28.6. The molecule has 12 nitrogen and oxygen atoms in total. The minimum Gasteiger partial charge on any atom is -0.472 e. The van der Waals surface area contributed by atoms with E-state index < -0.39 is 23.7 Å². The van der Waals surface area contributed by atoms with Crippen LogP contribution in [0.25, 0.3) is 0 Å². The topological polar surface area (TPSA) is 142 Å². The summed E-state index contributed by atoms with van der Waals surface area (Å²) in [5.41, 5.74) is 0.373. The van der Waals surface area contributed by atoms with E-state index in [4.69, 9.17) is 9.47 Å². The average molecular weight is 577 g/mol. The van der Waals surface area contributed by atoms with E-state index in [1.807, 2.05) is 4.90 Å². The zero-order valence-electron chi connectivity index (χ0n) is 22.5. The number of nitrogens with one attached hydrogen (secondary N) is 3. The van der Waals surface area contributed by atoms with Gasteiger partial charge in [0.05, 0.1) is 12.7 Å². The number of ether oxygens (including phenoxy) is 2. The minimum absolute atomic E-state index is 0.0418.